The average Bonchev–Trinajstić information content (AvgIpc) is 3.48. The first-order valence-corrected chi connectivity index (χ1v) is 13.1. The van der Waals surface area contributed by atoms with Crippen LogP contribution in [0.2, 0.25) is 0 Å². The summed E-state index contributed by atoms with van der Waals surface area (Å²) in [5.74, 6) is -1.56. The van der Waals surface area contributed by atoms with Crippen LogP contribution in [0.25, 0.3) is 22.2 Å². The van der Waals surface area contributed by atoms with E-state index in [4.69, 9.17) is 0 Å². The topological polar surface area (TPSA) is 91.7 Å². The minimum absolute atomic E-state index is 0.0258. The number of aromatic amines is 1. The van der Waals surface area contributed by atoms with Crippen LogP contribution in [-0.2, 0) is 19.1 Å². The molecule has 1 aliphatic carbocycles. The van der Waals surface area contributed by atoms with Gasteiger partial charge in [-0.25, -0.2) is 13.8 Å². The molecule has 1 aromatic carbocycles. The Bertz CT molecular complexity index is 1670. The van der Waals surface area contributed by atoms with Crippen LogP contribution in [0.5, 0.6) is 0 Å². The molecular formula is C29H25F5N6O. The molecular weight excluding hydrogens is 543 g/mol. The number of aliphatic hydroxyl groups is 1. The first-order valence-electron chi connectivity index (χ1n) is 13.1. The molecule has 0 radical (unpaired) electrons. The SMILES string of the molecule is OC(Cn1nc(C(F)(F)F)cc1C1CC1)N[C@@H](Cc1cc(F)cc(F)c1)c1ncccc1-c1cnc2[nH]ccc2c1. The number of aromatic nitrogens is 5. The van der Waals surface area contributed by atoms with Crippen molar-refractivity contribution in [1.29, 1.82) is 0 Å². The molecule has 4 aromatic heterocycles. The van der Waals surface area contributed by atoms with Crippen molar-refractivity contribution in [1.82, 2.24) is 30.0 Å². The third-order valence-corrected chi connectivity index (χ3v) is 7.08. The van der Waals surface area contributed by atoms with Crippen molar-refractivity contribution in [2.24, 2.45) is 0 Å². The minimum Gasteiger partial charge on any atom is -0.377 e. The molecule has 7 nitrogen and oxygen atoms in total. The largest absolute Gasteiger partial charge is 0.435 e. The number of nitrogens with zero attached hydrogens (tertiary/aromatic N) is 4. The van der Waals surface area contributed by atoms with E-state index >= 15 is 0 Å². The standard InChI is InChI=1S/C29H25F5N6O/c30-20-8-16(9-21(31)12-20)10-23(27-22(2-1-6-35-27)19-11-18-5-7-36-28(18)37-14-19)38-26(41)15-40-24(17-3-4-17)13-25(39-40)29(32,33)34/h1-2,5-9,11-14,17,23,26,38,41H,3-4,10,15H2,(H,36,37)/t23-,26?/m0/s1. The Morgan fingerprint density at radius 3 is 2.56 bits per heavy atom. The van der Waals surface area contributed by atoms with Crippen LogP contribution in [0.15, 0.2) is 67.1 Å². The summed E-state index contributed by atoms with van der Waals surface area (Å²) in [5, 5.41) is 18.7. The van der Waals surface area contributed by atoms with E-state index in [2.05, 4.69) is 25.4 Å². The fraction of sp³-hybridized carbons (Fsp3) is 0.276. The van der Waals surface area contributed by atoms with E-state index in [1.807, 2.05) is 18.2 Å². The Kier molecular flexibility index (Phi) is 7.04. The molecule has 2 atom stereocenters. The number of hydrogen-bond acceptors (Lipinski definition) is 5. The maximum absolute atomic E-state index is 14.1. The summed E-state index contributed by atoms with van der Waals surface area (Å²) < 4.78 is 69.5. The number of benzene rings is 1. The number of fused-ring (bicyclic) bond motifs is 1. The van der Waals surface area contributed by atoms with Gasteiger partial charge in [-0.2, -0.15) is 18.3 Å². The predicted octanol–water partition coefficient (Wildman–Crippen LogP) is 5.89. The van der Waals surface area contributed by atoms with E-state index in [-0.39, 0.29) is 18.9 Å². The third-order valence-electron chi connectivity index (χ3n) is 7.08. The zero-order valence-corrected chi connectivity index (χ0v) is 21.5. The molecule has 12 heteroatoms. The number of rotatable bonds is 9. The first-order chi connectivity index (χ1) is 19.6. The van der Waals surface area contributed by atoms with Gasteiger partial charge in [0.1, 0.15) is 23.5 Å². The highest BCUT2D eigenvalue weighted by molar-refractivity contribution is 5.81. The lowest BCUT2D eigenvalue weighted by molar-refractivity contribution is -0.141. The maximum Gasteiger partial charge on any atom is 0.435 e. The highest BCUT2D eigenvalue weighted by atomic mass is 19.4. The molecule has 5 aromatic rings. The zero-order chi connectivity index (χ0) is 28.7. The number of pyridine rings is 2. The van der Waals surface area contributed by atoms with E-state index in [1.165, 1.54) is 16.8 Å². The lowest BCUT2D eigenvalue weighted by Gasteiger charge is -2.25. The molecule has 1 aliphatic rings. The summed E-state index contributed by atoms with van der Waals surface area (Å²) in [4.78, 5) is 12.0. The van der Waals surface area contributed by atoms with Gasteiger partial charge in [-0.15, -0.1) is 0 Å². The molecule has 6 rings (SSSR count). The molecule has 1 saturated carbocycles. The normalized spacial score (nSPS) is 15.4. The second-order valence-electron chi connectivity index (χ2n) is 10.2. The Hall–Kier alpha value is -4.16. The summed E-state index contributed by atoms with van der Waals surface area (Å²) in [7, 11) is 0. The van der Waals surface area contributed by atoms with Crippen molar-refractivity contribution in [3.63, 3.8) is 0 Å². The van der Waals surface area contributed by atoms with Crippen molar-refractivity contribution in [2.45, 2.75) is 50.2 Å². The van der Waals surface area contributed by atoms with Crippen LogP contribution >= 0.6 is 0 Å². The van der Waals surface area contributed by atoms with E-state index in [1.54, 1.807) is 24.7 Å². The van der Waals surface area contributed by atoms with Gasteiger partial charge >= 0.3 is 6.18 Å². The van der Waals surface area contributed by atoms with Gasteiger partial charge in [-0.1, -0.05) is 6.07 Å². The molecule has 0 spiro atoms. The molecule has 1 fully saturated rings. The van der Waals surface area contributed by atoms with E-state index in [0.29, 0.717) is 28.2 Å². The van der Waals surface area contributed by atoms with Gasteiger partial charge in [-0.05, 0) is 61.2 Å². The Morgan fingerprint density at radius 1 is 1.05 bits per heavy atom. The second kappa shape index (κ2) is 10.7. The van der Waals surface area contributed by atoms with Gasteiger partial charge in [0.25, 0.3) is 0 Å². The van der Waals surface area contributed by atoms with Crippen molar-refractivity contribution < 1.29 is 27.1 Å². The van der Waals surface area contributed by atoms with Gasteiger partial charge in [0.15, 0.2) is 5.69 Å². The minimum atomic E-state index is -4.62. The lowest BCUT2D eigenvalue weighted by Crippen LogP contribution is -2.38. The quantitative estimate of drug-likeness (QED) is 0.152. The van der Waals surface area contributed by atoms with Crippen molar-refractivity contribution >= 4 is 11.0 Å². The van der Waals surface area contributed by atoms with Crippen molar-refractivity contribution in [3.8, 4) is 11.1 Å². The monoisotopic (exact) mass is 568 g/mol. The molecule has 0 aliphatic heterocycles. The number of halogens is 5. The Morgan fingerprint density at radius 2 is 1.83 bits per heavy atom. The van der Waals surface area contributed by atoms with Gasteiger partial charge in [0.05, 0.1) is 18.3 Å². The lowest BCUT2D eigenvalue weighted by atomic mass is 9.95. The number of H-pyrrole nitrogens is 1. The first kappa shape index (κ1) is 27.0. The zero-order valence-electron chi connectivity index (χ0n) is 21.5. The molecule has 3 N–H and O–H groups in total. The average molecular weight is 569 g/mol. The van der Waals surface area contributed by atoms with Crippen LogP contribution in [-0.4, -0.2) is 36.1 Å². The number of nitrogens with one attached hydrogen (secondary N) is 2. The smallest absolute Gasteiger partial charge is 0.377 e. The highest BCUT2D eigenvalue weighted by Gasteiger charge is 2.38. The van der Waals surface area contributed by atoms with Crippen molar-refractivity contribution in [3.05, 3.63) is 101 Å². The molecule has 0 amide bonds. The van der Waals surface area contributed by atoms with Crippen LogP contribution in [0.4, 0.5) is 22.0 Å². The summed E-state index contributed by atoms with van der Waals surface area (Å²) in [6.45, 7) is -0.269. The van der Waals surface area contributed by atoms with Crippen LogP contribution in [0.1, 0.15) is 47.4 Å². The molecule has 0 saturated heterocycles. The maximum atomic E-state index is 14.1. The Balaban J connectivity index is 1.34. The van der Waals surface area contributed by atoms with Crippen LogP contribution < -0.4 is 5.32 Å². The van der Waals surface area contributed by atoms with Gasteiger partial charge in [0, 0.05) is 52.8 Å². The van der Waals surface area contributed by atoms with Crippen molar-refractivity contribution in [2.75, 3.05) is 0 Å². The number of hydrogen-bond donors (Lipinski definition) is 3. The third kappa shape index (κ3) is 5.98. The van der Waals surface area contributed by atoms with Gasteiger partial charge < -0.3 is 10.1 Å². The van der Waals surface area contributed by atoms with Gasteiger partial charge in [-0.3, -0.25) is 15.0 Å². The summed E-state index contributed by atoms with van der Waals surface area (Å²) in [5.41, 5.74) is 2.26. The van der Waals surface area contributed by atoms with Crippen LogP contribution in [0, 0.1) is 11.6 Å². The molecule has 212 valence electrons. The molecule has 4 heterocycles. The van der Waals surface area contributed by atoms with E-state index < -0.39 is 35.8 Å². The number of aliphatic hydroxyl groups excluding tert-OH is 1. The second-order valence-corrected chi connectivity index (χ2v) is 10.2. The van der Waals surface area contributed by atoms with E-state index in [9.17, 15) is 27.1 Å². The summed E-state index contributed by atoms with van der Waals surface area (Å²) in [6.07, 6.45) is 0.528. The number of alkyl halides is 3. The fourth-order valence-electron chi connectivity index (χ4n) is 5.10. The molecule has 0 bridgehead atoms. The molecule has 41 heavy (non-hydrogen) atoms. The van der Waals surface area contributed by atoms with Crippen LogP contribution in [0.3, 0.4) is 0 Å². The van der Waals surface area contributed by atoms with E-state index in [0.717, 1.165) is 35.9 Å². The predicted molar refractivity (Wildman–Crippen MR) is 140 cm³/mol. The molecule has 1 unspecified atom stereocenters. The highest BCUT2D eigenvalue weighted by Crippen LogP contribution is 2.42. The Labute approximate surface area is 231 Å². The van der Waals surface area contributed by atoms with Gasteiger partial charge in [0.2, 0.25) is 0 Å². The summed E-state index contributed by atoms with van der Waals surface area (Å²) in [6, 6.07) is 10.7. The fourth-order valence-corrected chi connectivity index (χ4v) is 5.10. The summed E-state index contributed by atoms with van der Waals surface area (Å²) >= 11 is 0.